The molecule has 2 heterocycles. The van der Waals surface area contributed by atoms with Crippen molar-refractivity contribution in [2.75, 3.05) is 5.32 Å². The normalized spacial score (nSPS) is 11.8. The van der Waals surface area contributed by atoms with Crippen molar-refractivity contribution in [2.45, 2.75) is 39.7 Å². The van der Waals surface area contributed by atoms with E-state index < -0.39 is 0 Å². The molecule has 3 rings (SSSR count). The lowest BCUT2D eigenvalue weighted by Crippen LogP contribution is -2.32. The molecule has 0 saturated carbocycles. The third kappa shape index (κ3) is 4.67. The van der Waals surface area contributed by atoms with Crippen molar-refractivity contribution in [1.29, 1.82) is 0 Å². The van der Waals surface area contributed by atoms with Crippen LogP contribution in [0.1, 0.15) is 42.1 Å². The highest BCUT2D eigenvalue weighted by atomic mass is 32.1. The molecule has 0 fully saturated rings. The number of benzene rings is 1. The number of nitrogens with zero attached hydrogens (tertiary/aromatic N) is 1. The van der Waals surface area contributed by atoms with Crippen molar-refractivity contribution >= 4 is 28.8 Å². The smallest absolute Gasteiger partial charge is 0.253 e. The number of hydrogen-bond donors (Lipinski definition) is 2. The van der Waals surface area contributed by atoms with Crippen LogP contribution in [-0.2, 0) is 11.2 Å². The summed E-state index contributed by atoms with van der Waals surface area (Å²) < 4.78 is 5.68. The fourth-order valence-electron chi connectivity index (χ4n) is 2.64. The number of rotatable bonds is 7. The molecule has 0 saturated heterocycles. The molecule has 0 radical (unpaired) electrons. The molecule has 0 spiro atoms. The molecule has 2 N–H and O–H groups in total. The van der Waals surface area contributed by atoms with E-state index in [4.69, 9.17) is 4.42 Å². The molecule has 0 bridgehead atoms. The van der Waals surface area contributed by atoms with Gasteiger partial charge < -0.3 is 15.1 Å². The van der Waals surface area contributed by atoms with E-state index in [0.29, 0.717) is 28.6 Å². The van der Waals surface area contributed by atoms with Gasteiger partial charge in [-0.15, -0.1) is 11.3 Å². The van der Waals surface area contributed by atoms with Crippen LogP contribution in [0, 0.1) is 6.92 Å². The van der Waals surface area contributed by atoms with Crippen LogP contribution >= 0.6 is 11.3 Å². The maximum absolute atomic E-state index is 12.6. The maximum Gasteiger partial charge on any atom is 0.253 e. The van der Waals surface area contributed by atoms with Crippen molar-refractivity contribution in [1.82, 2.24) is 10.3 Å². The maximum atomic E-state index is 12.6. The van der Waals surface area contributed by atoms with E-state index in [9.17, 15) is 9.59 Å². The van der Waals surface area contributed by atoms with Gasteiger partial charge in [0.15, 0.2) is 0 Å². The number of anilines is 1. The average Bonchev–Trinajstić information content (AvgIpc) is 3.32. The molecule has 3 aromatic rings. The number of hydrogen-bond acceptors (Lipinski definition) is 5. The van der Waals surface area contributed by atoms with E-state index in [1.165, 1.54) is 11.3 Å². The van der Waals surface area contributed by atoms with Gasteiger partial charge in [0.05, 0.1) is 28.2 Å². The highest BCUT2D eigenvalue weighted by molar-refractivity contribution is 7.13. The Balaban J connectivity index is 1.71. The summed E-state index contributed by atoms with van der Waals surface area (Å²) in [5, 5.41) is 7.69. The minimum atomic E-state index is -0.252. The molecule has 0 aliphatic rings. The molecule has 7 heteroatoms. The first-order valence-corrected chi connectivity index (χ1v) is 10.1. The van der Waals surface area contributed by atoms with Crippen LogP contribution in [0.15, 0.2) is 46.2 Å². The lowest BCUT2D eigenvalue weighted by Gasteiger charge is -2.14. The van der Waals surface area contributed by atoms with Crippen LogP contribution in [0.3, 0.4) is 0 Å². The Morgan fingerprint density at radius 3 is 2.71 bits per heavy atom. The minimum absolute atomic E-state index is 0.0599. The Morgan fingerprint density at radius 1 is 1.21 bits per heavy atom. The molecule has 2 aromatic heterocycles. The van der Waals surface area contributed by atoms with E-state index in [2.05, 4.69) is 15.6 Å². The number of thiophene rings is 1. The van der Waals surface area contributed by atoms with Crippen LogP contribution in [-0.4, -0.2) is 22.8 Å². The van der Waals surface area contributed by atoms with Gasteiger partial charge in [-0.2, -0.15) is 0 Å². The molecule has 1 unspecified atom stereocenters. The lowest BCUT2D eigenvalue weighted by molar-refractivity contribution is -0.115. The van der Waals surface area contributed by atoms with Crippen LogP contribution in [0.25, 0.3) is 10.8 Å². The highest BCUT2D eigenvalue weighted by Crippen LogP contribution is 2.26. The lowest BCUT2D eigenvalue weighted by atomic mass is 10.1. The summed E-state index contributed by atoms with van der Waals surface area (Å²) in [5.41, 5.74) is 1.50. The third-order valence-electron chi connectivity index (χ3n) is 4.39. The molecule has 146 valence electrons. The van der Waals surface area contributed by atoms with Gasteiger partial charge in [0.2, 0.25) is 11.8 Å². The average molecular weight is 398 g/mol. The molecule has 0 aliphatic heterocycles. The Labute approximate surface area is 168 Å². The fraction of sp³-hybridized carbons (Fsp3) is 0.286. The summed E-state index contributed by atoms with van der Waals surface area (Å²) in [6.07, 6.45) is 0.903. The monoisotopic (exact) mass is 397 g/mol. The topological polar surface area (TPSA) is 84.2 Å². The number of nitrogens with one attached hydrogen (secondary N) is 2. The second-order valence-electron chi connectivity index (χ2n) is 6.55. The van der Waals surface area contributed by atoms with E-state index in [-0.39, 0.29) is 24.3 Å². The zero-order chi connectivity index (χ0) is 20.1. The first-order chi connectivity index (χ1) is 13.5. The first kappa shape index (κ1) is 19.8. The standard InChI is InChI=1S/C21H23N3O3S/c1-4-13(2)22-20(26)15-8-5-6-9-16(15)23-19(25)12-17-14(3)27-21(24-17)18-10-7-11-28-18/h5-11,13H,4,12H2,1-3H3,(H,22,26)(H,23,25). The summed E-state index contributed by atoms with van der Waals surface area (Å²) in [4.78, 5) is 30.4. The number of carbonyl (C=O) groups excluding carboxylic acids is 2. The molecule has 28 heavy (non-hydrogen) atoms. The van der Waals surface area contributed by atoms with Gasteiger partial charge in [0, 0.05) is 6.04 Å². The predicted octanol–water partition coefficient (Wildman–Crippen LogP) is 4.42. The van der Waals surface area contributed by atoms with Crippen molar-refractivity contribution < 1.29 is 14.0 Å². The van der Waals surface area contributed by atoms with Crippen molar-refractivity contribution in [3.8, 4) is 10.8 Å². The number of oxazole rings is 1. The van der Waals surface area contributed by atoms with Gasteiger partial charge in [0.1, 0.15) is 5.76 Å². The van der Waals surface area contributed by atoms with Crippen LogP contribution in [0.2, 0.25) is 0 Å². The zero-order valence-corrected chi connectivity index (χ0v) is 16.9. The molecular weight excluding hydrogens is 374 g/mol. The van der Waals surface area contributed by atoms with Gasteiger partial charge >= 0.3 is 0 Å². The number of para-hydroxylation sites is 1. The van der Waals surface area contributed by atoms with Gasteiger partial charge in [-0.1, -0.05) is 25.1 Å². The van der Waals surface area contributed by atoms with Crippen molar-refractivity contribution in [3.63, 3.8) is 0 Å². The molecule has 1 aromatic carbocycles. The van der Waals surface area contributed by atoms with E-state index >= 15 is 0 Å². The van der Waals surface area contributed by atoms with Gasteiger partial charge in [0.25, 0.3) is 5.91 Å². The Bertz CT molecular complexity index is 963. The van der Waals surface area contributed by atoms with Gasteiger partial charge in [-0.05, 0) is 43.8 Å². The largest absolute Gasteiger partial charge is 0.440 e. The van der Waals surface area contributed by atoms with E-state index in [0.717, 1.165) is 11.3 Å². The third-order valence-corrected chi connectivity index (χ3v) is 5.25. The van der Waals surface area contributed by atoms with Gasteiger partial charge in [-0.25, -0.2) is 4.98 Å². The van der Waals surface area contributed by atoms with Gasteiger partial charge in [-0.3, -0.25) is 9.59 Å². The van der Waals surface area contributed by atoms with Crippen LogP contribution in [0.4, 0.5) is 5.69 Å². The number of carbonyl (C=O) groups is 2. The van der Waals surface area contributed by atoms with Crippen LogP contribution < -0.4 is 10.6 Å². The van der Waals surface area contributed by atoms with E-state index in [1.54, 1.807) is 31.2 Å². The van der Waals surface area contributed by atoms with Crippen molar-refractivity contribution in [2.24, 2.45) is 0 Å². The predicted molar refractivity (Wildman–Crippen MR) is 111 cm³/mol. The SMILES string of the molecule is CCC(C)NC(=O)c1ccccc1NC(=O)Cc1nc(-c2cccs2)oc1C. The Kier molecular flexibility index (Phi) is 6.26. The Morgan fingerprint density at radius 2 is 2.00 bits per heavy atom. The highest BCUT2D eigenvalue weighted by Gasteiger charge is 2.18. The molecule has 6 nitrogen and oxygen atoms in total. The fourth-order valence-corrected chi connectivity index (χ4v) is 3.29. The second kappa shape index (κ2) is 8.84. The summed E-state index contributed by atoms with van der Waals surface area (Å²) in [6.45, 7) is 5.74. The molecule has 0 aliphatic carbocycles. The summed E-state index contributed by atoms with van der Waals surface area (Å²) in [5.74, 6) is 0.672. The summed E-state index contributed by atoms with van der Waals surface area (Å²) in [6, 6.07) is 10.9. The summed E-state index contributed by atoms with van der Waals surface area (Å²) >= 11 is 1.53. The molecule has 1 atom stereocenters. The first-order valence-electron chi connectivity index (χ1n) is 9.17. The van der Waals surface area contributed by atoms with E-state index in [1.807, 2.05) is 31.4 Å². The zero-order valence-electron chi connectivity index (χ0n) is 16.1. The minimum Gasteiger partial charge on any atom is -0.440 e. The summed E-state index contributed by atoms with van der Waals surface area (Å²) in [7, 11) is 0. The van der Waals surface area contributed by atoms with Crippen LogP contribution in [0.5, 0.6) is 0 Å². The van der Waals surface area contributed by atoms with Crippen molar-refractivity contribution in [3.05, 3.63) is 58.8 Å². The second-order valence-corrected chi connectivity index (χ2v) is 7.50. The Hall–Kier alpha value is -2.93. The molecule has 2 amide bonds. The number of amides is 2. The quantitative estimate of drug-likeness (QED) is 0.618. The number of aryl methyl sites for hydroxylation is 1. The molecular formula is C21H23N3O3S. The number of aromatic nitrogens is 1.